The summed E-state index contributed by atoms with van der Waals surface area (Å²) in [5.41, 5.74) is 6.47. The molecule has 2 aliphatic rings. The average molecular weight is 366 g/mol. The summed E-state index contributed by atoms with van der Waals surface area (Å²) in [6.45, 7) is 5.01. The molecule has 1 aromatic rings. The highest BCUT2D eigenvalue weighted by Crippen LogP contribution is 2.20. The molecule has 8 heteroatoms. The molecule has 0 radical (unpaired) electrons. The summed E-state index contributed by atoms with van der Waals surface area (Å²) < 4.78 is 0. The summed E-state index contributed by atoms with van der Waals surface area (Å²) >= 11 is 5.81. The Labute approximate surface area is 152 Å². The van der Waals surface area contributed by atoms with Crippen LogP contribution >= 0.6 is 11.6 Å². The molecule has 2 saturated heterocycles. The molecule has 1 atom stereocenters. The van der Waals surface area contributed by atoms with Crippen LogP contribution in [0.1, 0.15) is 18.4 Å². The van der Waals surface area contributed by atoms with Gasteiger partial charge in [0.05, 0.1) is 5.92 Å². The molecule has 3 amide bonds. The highest BCUT2D eigenvalue weighted by atomic mass is 35.5. The van der Waals surface area contributed by atoms with Crippen molar-refractivity contribution < 1.29 is 9.59 Å². The van der Waals surface area contributed by atoms with E-state index >= 15 is 0 Å². The van der Waals surface area contributed by atoms with Crippen LogP contribution in [0.5, 0.6) is 0 Å². The van der Waals surface area contributed by atoms with Gasteiger partial charge in [0.25, 0.3) is 0 Å². The molecule has 2 N–H and O–H groups in total. The summed E-state index contributed by atoms with van der Waals surface area (Å²) in [5.74, 6) is 0.0343. The Morgan fingerprint density at radius 3 is 2.56 bits per heavy atom. The monoisotopic (exact) mass is 365 g/mol. The van der Waals surface area contributed by atoms with Gasteiger partial charge in [0.1, 0.15) is 5.15 Å². The SMILES string of the molecule is NC(=O)N1CCC[C@H](C(=O)N2CCN(Cc3ccc(Cl)nc3)CC2)C1. The van der Waals surface area contributed by atoms with Crippen LogP contribution in [-0.4, -0.2) is 70.9 Å². The lowest BCUT2D eigenvalue weighted by Crippen LogP contribution is -2.53. The summed E-state index contributed by atoms with van der Waals surface area (Å²) in [7, 11) is 0. The van der Waals surface area contributed by atoms with E-state index in [-0.39, 0.29) is 11.8 Å². The van der Waals surface area contributed by atoms with Gasteiger partial charge in [-0.15, -0.1) is 0 Å². The number of aromatic nitrogens is 1. The first-order valence-corrected chi connectivity index (χ1v) is 9.06. The number of piperidine rings is 1. The van der Waals surface area contributed by atoms with Crippen molar-refractivity contribution in [2.75, 3.05) is 39.3 Å². The average Bonchev–Trinajstić information content (AvgIpc) is 2.64. The van der Waals surface area contributed by atoms with E-state index in [1.165, 1.54) is 0 Å². The summed E-state index contributed by atoms with van der Waals surface area (Å²) in [6, 6.07) is 3.34. The Bertz CT molecular complexity index is 616. The van der Waals surface area contributed by atoms with Gasteiger partial charge in [-0.25, -0.2) is 9.78 Å². The van der Waals surface area contributed by atoms with Gasteiger partial charge in [-0.05, 0) is 24.5 Å². The van der Waals surface area contributed by atoms with Crippen LogP contribution in [0.15, 0.2) is 18.3 Å². The zero-order chi connectivity index (χ0) is 17.8. The normalized spacial score (nSPS) is 22.0. The second-order valence-electron chi connectivity index (χ2n) is 6.71. The molecule has 3 heterocycles. The summed E-state index contributed by atoms with van der Waals surface area (Å²) in [6.07, 6.45) is 3.46. The topological polar surface area (TPSA) is 82.8 Å². The lowest BCUT2D eigenvalue weighted by atomic mass is 9.96. The number of amides is 3. The number of nitrogens with two attached hydrogens (primary N) is 1. The van der Waals surface area contributed by atoms with Crippen molar-refractivity contribution >= 4 is 23.5 Å². The van der Waals surface area contributed by atoms with E-state index in [9.17, 15) is 9.59 Å². The maximum Gasteiger partial charge on any atom is 0.314 e. The third kappa shape index (κ3) is 4.61. The van der Waals surface area contributed by atoms with Crippen molar-refractivity contribution in [2.24, 2.45) is 11.7 Å². The molecular weight excluding hydrogens is 342 g/mol. The maximum atomic E-state index is 12.7. The standard InChI is InChI=1S/C17H24ClN5O2/c18-15-4-3-13(10-20-15)11-21-6-8-22(9-7-21)16(24)14-2-1-5-23(12-14)17(19)25/h3-4,10,14H,1-2,5-9,11-12H2,(H2,19,25)/t14-/m0/s1. The lowest BCUT2D eigenvalue weighted by molar-refractivity contribution is -0.138. The molecule has 0 spiro atoms. The quantitative estimate of drug-likeness (QED) is 0.815. The number of hydrogen-bond donors (Lipinski definition) is 1. The Balaban J connectivity index is 1.49. The fraction of sp³-hybridized carbons (Fsp3) is 0.588. The summed E-state index contributed by atoms with van der Waals surface area (Å²) in [4.78, 5) is 34.0. The van der Waals surface area contributed by atoms with E-state index in [1.807, 2.05) is 11.0 Å². The number of pyridine rings is 1. The van der Waals surface area contributed by atoms with E-state index in [1.54, 1.807) is 17.2 Å². The zero-order valence-electron chi connectivity index (χ0n) is 14.2. The van der Waals surface area contributed by atoms with Gasteiger partial charge in [-0.1, -0.05) is 17.7 Å². The Hall–Kier alpha value is -1.86. The summed E-state index contributed by atoms with van der Waals surface area (Å²) in [5, 5.41) is 0.497. The number of halogens is 1. The number of primary amides is 1. The molecule has 7 nitrogen and oxygen atoms in total. The molecule has 2 fully saturated rings. The largest absolute Gasteiger partial charge is 0.351 e. The molecule has 0 saturated carbocycles. The van der Waals surface area contributed by atoms with Crippen LogP contribution < -0.4 is 5.73 Å². The van der Waals surface area contributed by atoms with Gasteiger partial charge in [0.2, 0.25) is 5.91 Å². The number of nitrogens with zero attached hydrogens (tertiary/aromatic N) is 4. The van der Waals surface area contributed by atoms with Gasteiger partial charge < -0.3 is 15.5 Å². The highest BCUT2D eigenvalue weighted by molar-refractivity contribution is 6.29. The van der Waals surface area contributed by atoms with Crippen molar-refractivity contribution in [1.82, 2.24) is 19.7 Å². The second-order valence-corrected chi connectivity index (χ2v) is 7.10. The first kappa shape index (κ1) is 17.9. The zero-order valence-corrected chi connectivity index (χ0v) is 15.0. The van der Waals surface area contributed by atoms with Crippen LogP contribution in [0.4, 0.5) is 4.79 Å². The minimum absolute atomic E-state index is 0.117. The molecule has 0 aliphatic carbocycles. The van der Waals surface area contributed by atoms with Gasteiger partial charge in [-0.2, -0.15) is 0 Å². The van der Waals surface area contributed by atoms with E-state index in [4.69, 9.17) is 17.3 Å². The third-order valence-electron chi connectivity index (χ3n) is 4.96. The van der Waals surface area contributed by atoms with Crippen LogP contribution in [-0.2, 0) is 11.3 Å². The van der Waals surface area contributed by atoms with Gasteiger partial charge >= 0.3 is 6.03 Å². The molecule has 136 valence electrons. The van der Waals surface area contributed by atoms with Gasteiger partial charge in [0, 0.05) is 52.0 Å². The Kier molecular flexibility index (Phi) is 5.75. The number of hydrogen-bond acceptors (Lipinski definition) is 4. The van der Waals surface area contributed by atoms with Crippen LogP contribution in [0.2, 0.25) is 5.15 Å². The maximum absolute atomic E-state index is 12.7. The number of carbonyl (C=O) groups excluding carboxylic acids is 2. The molecule has 0 unspecified atom stereocenters. The number of piperazine rings is 1. The van der Waals surface area contributed by atoms with E-state index in [2.05, 4.69) is 9.88 Å². The Morgan fingerprint density at radius 1 is 1.16 bits per heavy atom. The molecule has 2 aliphatic heterocycles. The third-order valence-corrected chi connectivity index (χ3v) is 5.18. The first-order chi connectivity index (χ1) is 12.0. The fourth-order valence-corrected chi connectivity index (χ4v) is 3.63. The van der Waals surface area contributed by atoms with Crippen molar-refractivity contribution in [2.45, 2.75) is 19.4 Å². The number of urea groups is 1. The smallest absolute Gasteiger partial charge is 0.314 e. The molecule has 25 heavy (non-hydrogen) atoms. The van der Waals surface area contributed by atoms with Crippen molar-refractivity contribution in [3.05, 3.63) is 29.0 Å². The first-order valence-electron chi connectivity index (χ1n) is 8.69. The van der Waals surface area contributed by atoms with Crippen molar-refractivity contribution in [3.8, 4) is 0 Å². The van der Waals surface area contributed by atoms with E-state index in [0.29, 0.717) is 31.3 Å². The molecular formula is C17H24ClN5O2. The van der Waals surface area contributed by atoms with Gasteiger partial charge in [-0.3, -0.25) is 9.69 Å². The fourth-order valence-electron chi connectivity index (χ4n) is 3.52. The lowest BCUT2D eigenvalue weighted by Gasteiger charge is -2.38. The van der Waals surface area contributed by atoms with Crippen LogP contribution in [0.3, 0.4) is 0 Å². The van der Waals surface area contributed by atoms with Crippen LogP contribution in [0.25, 0.3) is 0 Å². The number of likely N-dealkylation sites (tertiary alicyclic amines) is 1. The number of carbonyl (C=O) groups is 2. The second kappa shape index (κ2) is 8.01. The minimum atomic E-state index is -0.432. The number of rotatable bonds is 3. The molecule has 0 aromatic carbocycles. The minimum Gasteiger partial charge on any atom is -0.351 e. The van der Waals surface area contributed by atoms with E-state index in [0.717, 1.165) is 38.0 Å². The molecule has 1 aromatic heterocycles. The predicted molar refractivity (Wildman–Crippen MR) is 95.0 cm³/mol. The highest BCUT2D eigenvalue weighted by Gasteiger charge is 2.31. The Morgan fingerprint density at radius 2 is 1.92 bits per heavy atom. The predicted octanol–water partition coefficient (Wildman–Crippen LogP) is 1.17. The van der Waals surface area contributed by atoms with Crippen LogP contribution in [0, 0.1) is 5.92 Å². The molecule has 3 rings (SSSR count). The van der Waals surface area contributed by atoms with Crippen molar-refractivity contribution in [1.29, 1.82) is 0 Å². The molecule has 0 bridgehead atoms. The van der Waals surface area contributed by atoms with Gasteiger partial charge in [0.15, 0.2) is 0 Å². The van der Waals surface area contributed by atoms with Crippen molar-refractivity contribution in [3.63, 3.8) is 0 Å². The van der Waals surface area contributed by atoms with E-state index < -0.39 is 6.03 Å².